The highest BCUT2D eigenvalue weighted by atomic mass is 16.4. The molecule has 2 aromatic rings. The Labute approximate surface area is 122 Å². The number of likely N-dealkylation sites (tertiary alicyclic amines) is 1. The molecule has 1 aliphatic rings. The Balaban J connectivity index is 1.62. The van der Waals surface area contributed by atoms with Crippen molar-refractivity contribution >= 4 is 17.0 Å². The molecule has 1 unspecified atom stereocenters. The fourth-order valence-corrected chi connectivity index (χ4v) is 2.98. The Hall–Kier alpha value is -2.04. The van der Waals surface area contributed by atoms with Gasteiger partial charge in [-0.2, -0.15) is 0 Å². The van der Waals surface area contributed by atoms with Gasteiger partial charge in [-0.3, -0.25) is 9.78 Å². The second-order valence-electron chi connectivity index (χ2n) is 5.93. The third kappa shape index (κ3) is 3.17. The van der Waals surface area contributed by atoms with E-state index >= 15 is 0 Å². The van der Waals surface area contributed by atoms with Crippen molar-refractivity contribution in [3.05, 3.63) is 34.3 Å². The van der Waals surface area contributed by atoms with E-state index in [2.05, 4.69) is 11.9 Å². The number of aryl methyl sites for hydroxylation is 1. The minimum atomic E-state index is -0.444. The quantitative estimate of drug-likeness (QED) is 0.942. The van der Waals surface area contributed by atoms with Gasteiger partial charge >= 0.3 is 5.76 Å². The number of carbonyl (C=O) groups excluding carboxylic acids is 1. The van der Waals surface area contributed by atoms with Crippen molar-refractivity contribution in [1.29, 1.82) is 0 Å². The maximum Gasteiger partial charge on any atom is 0.417 e. The van der Waals surface area contributed by atoms with Gasteiger partial charge in [-0.1, -0.05) is 13.0 Å². The van der Waals surface area contributed by atoms with Crippen LogP contribution >= 0.6 is 0 Å². The fourth-order valence-electron chi connectivity index (χ4n) is 2.98. The number of rotatable bonds is 3. The number of oxazole rings is 1. The summed E-state index contributed by atoms with van der Waals surface area (Å²) in [6.07, 6.45) is 3.52. The van der Waals surface area contributed by atoms with Gasteiger partial charge in [-0.15, -0.1) is 0 Å². The highest BCUT2D eigenvalue weighted by Gasteiger charge is 2.20. The molecule has 5 nitrogen and oxygen atoms in total. The van der Waals surface area contributed by atoms with Crippen molar-refractivity contribution in [2.45, 2.75) is 32.6 Å². The van der Waals surface area contributed by atoms with Crippen LogP contribution in [0.25, 0.3) is 11.1 Å². The normalized spacial score (nSPS) is 19.1. The van der Waals surface area contributed by atoms with Gasteiger partial charge in [0.1, 0.15) is 0 Å². The van der Waals surface area contributed by atoms with E-state index in [1.807, 2.05) is 17.0 Å². The Morgan fingerprint density at radius 3 is 3.14 bits per heavy atom. The van der Waals surface area contributed by atoms with E-state index in [4.69, 9.17) is 4.42 Å². The van der Waals surface area contributed by atoms with Gasteiger partial charge in [0.15, 0.2) is 5.58 Å². The fraction of sp³-hybridized carbons (Fsp3) is 0.500. The molecule has 112 valence electrons. The average Bonchev–Trinajstić information content (AvgIpc) is 2.84. The third-order valence-electron chi connectivity index (χ3n) is 4.12. The molecule has 1 amide bonds. The summed E-state index contributed by atoms with van der Waals surface area (Å²) in [5.41, 5.74) is 2.29. The molecular weight excluding hydrogens is 268 g/mol. The van der Waals surface area contributed by atoms with Crippen molar-refractivity contribution in [2.75, 3.05) is 13.1 Å². The number of H-pyrrole nitrogens is 1. The van der Waals surface area contributed by atoms with Crippen LogP contribution in [-0.2, 0) is 11.2 Å². The van der Waals surface area contributed by atoms with Crippen LogP contribution in [0, 0.1) is 5.92 Å². The lowest BCUT2D eigenvalue weighted by Gasteiger charge is -2.31. The van der Waals surface area contributed by atoms with E-state index in [9.17, 15) is 9.59 Å². The van der Waals surface area contributed by atoms with E-state index in [1.54, 1.807) is 6.07 Å². The van der Waals surface area contributed by atoms with Gasteiger partial charge in [0.05, 0.1) is 5.52 Å². The molecule has 1 aromatic heterocycles. The smallest absolute Gasteiger partial charge is 0.408 e. The Kier molecular flexibility index (Phi) is 3.82. The number of hydrogen-bond donors (Lipinski definition) is 1. The summed E-state index contributed by atoms with van der Waals surface area (Å²) < 4.78 is 4.97. The lowest BCUT2D eigenvalue weighted by atomic mass is 9.99. The zero-order valence-electron chi connectivity index (χ0n) is 12.2. The lowest BCUT2D eigenvalue weighted by molar-refractivity contribution is -0.132. The van der Waals surface area contributed by atoms with Crippen LogP contribution in [0.15, 0.2) is 27.4 Å². The average molecular weight is 288 g/mol. The zero-order chi connectivity index (χ0) is 14.8. The SMILES string of the molecule is CC1CCCN(C(=O)CCc2ccc3oc(=O)[nH]c3c2)C1. The number of aromatic amines is 1. The molecule has 1 aliphatic heterocycles. The number of nitrogens with one attached hydrogen (secondary N) is 1. The largest absolute Gasteiger partial charge is 0.417 e. The van der Waals surface area contributed by atoms with E-state index in [0.29, 0.717) is 29.9 Å². The first kappa shape index (κ1) is 13.9. The molecule has 2 heterocycles. The number of hydrogen-bond acceptors (Lipinski definition) is 3. The first-order valence-corrected chi connectivity index (χ1v) is 7.51. The van der Waals surface area contributed by atoms with Gasteiger partial charge < -0.3 is 9.32 Å². The summed E-state index contributed by atoms with van der Waals surface area (Å²) in [6.45, 7) is 3.97. The number of nitrogens with zero attached hydrogens (tertiary/aromatic N) is 1. The third-order valence-corrected chi connectivity index (χ3v) is 4.12. The molecule has 0 aliphatic carbocycles. The molecule has 1 aromatic carbocycles. The molecule has 5 heteroatoms. The van der Waals surface area contributed by atoms with E-state index in [-0.39, 0.29) is 5.91 Å². The van der Waals surface area contributed by atoms with Crippen LogP contribution in [0.3, 0.4) is 0 Å². The molecule has 1 N–H and O–H groups in total. The van der Waals surface area contributed by atoms with Gasteiger partial charge in [-0.05, 0) is 42.9 Å². The van der Waals surface area contributed by atoms with Crippen molar-refractivity contribution in [1.82, 2.24) is 9.88 Å². The molecule has 0 spiro atoms. The van der Waals surface area contributed by atoms with Crippen LogP contribution in [-0.4, -0.2) is 28.9 Å². The van der Waals surface area contributed by atoms with Gasteiger partial charge in [0.25, 0.3) is 0 Å². The Morgan fingerprint density at radius 1 is 1.48 bits per heavy atom. The summed E-state index contributed by atoms with van der Waals surface area (Å²) >= 11 is 0. The number of benzene rings is 1. The topological polar surface area (TPSA) is 66.3 Å². The number of fused-ring (bicyclic) bond motifs is 1. The summed E-state index contributed by atoms with van der Waals surface area (Å²) in [5.74, 6) is 0.387. The Morgan fingerprint density at radius 2 is 2.33 bits per heavy atom. The number of amides is 1. The molecule has 1 atom stereocenters. The number of piperidine rings is 1. The van der Waals surface area contributed by atoms with E-state index < -0.39 is 5.76 Å². The molecule has 3 rings (SSSR count). The highest BCUT2D eigenvalue weighted by molar-refractivity contribution is 5.77. The van der Waals surface area contributed by atoms with Gasteiger partial charge in [0, 0.05) is 19.5 Å². The monoisotopic (exact) mass is 288 g/mol. The van der Waals surface area contributed by atoms with Crippen molar-refractivity contribution in [3.63, 3.8) is 0 Å². The van der Waals surface area contributed by atoms with Crippen LogP contribution < -0.4 is 5.76 Å². The lowest BCUT2D eigenvalue weighted by Crippen LogP contribution is -2.39. The summed E-state index contributed by atoms with van der Waals surface area (Å²) in [4.78, 5) is 28.0. The van der Waals surface area contributed by atoms with Gasteiger partial charge in [-0.25, -0.2) is 4.79 Å². The maximum absolute atomic E-state index is 12.2. The minimum Gasteiger partial charge on any atom is -0.408 e. The summed E-state index contributed by atoms with van der Waals surface area (Å²) in [5, 5.41) is 0. The summed E-state index contributed by atoms with van der Waals surface area (Å²) in [6, 6.07) is 5.56. The Bertz CT molecular complexity index is 701. The highest BCUT2D eigenvalue weighted by Crippen LogP contribution is 2.18. The van der Waals surface area contributed by atoms with E-state index in [0.717, 1.165) is 25.1 Å². The second kappa shape index (κ2) is 5.76. The molecule has 1 saturated heterocycles. The molecule has 21 heavy (non-hydrogen) atoms. The first-order valence-electron chi connectivity index (χ1n) is 7.51. The van der Waals surface area contributed by atoms with Crippen molar-refractivity contribution < 1.29 is 9.21 Å². The molecule has 0 bridgehead atoms. The van der Waals surface area contributed by atoms with Crippen molar-refractivity contribution in [2.24, 2.45) is 5.92 Å². The summed E-state index contributed by atoms with van der Waals surface area (Å²) in [7, 11) is 0. The van der Waals surface area contributed by atoms with Gasteiger partial charge in [0.2, 0.25) is 5.91 Å². The van der Waals surface area contributed by atoms with E-state index in [1.165, 1.54) is 6.42 Å². The van der Waals surface area contributed by atoms with Crippen molar-refractivity contribution in [3.8, 4) is 0 Å². The minimum absolute atomic E-state index is 0.224. The van der Waals surface area contributed by atoms with Crippen LogP contribution in [0.1, 0.15) is 31.7 Å². The maximum atomic E-state index is 12.2. The van der Waals surface area contributed by atoms with Crippen LogP contribution in [0.4, 0.5) is 0 Å². The first-order chi connectivity index (χ1) is 10.1. The van der Waals surface area contributed by atoms with Crippen LogP contribution in [0.5, 0.6) is 0 Å². The number of aromatic nitrogens is 1. The zero-order valence-corrected chi connectivity index (χ0v) is 12.2. The molecular formula is C16H20N2O3. The standard InChI is InChI=1S/C16H20N2O3/c1-11-3-2-8-18(10-11)15(19)7-5-12-4-6-14-13(9-12)17-16(20)21-14/h4,6,9,11H,2-3,5,7-8,10H2,1H3,(H,17,20). The van der Waals surface area contributed by atoms with Crippen LogP contribution in [0.2, 0.25) is 0 Å². The molecule has 0 saturated carbocycles. The predicted octanol–water partition coefficient (Wildman–Crippen LogP) is 2.31. The molecule has 1 fully saturated rings. The second-order valence-corrected chi connectivity index (χ2v) is 5.93. The molecule has 0 radical (unpaired) electrons. The number of carbonyl (C=O) groups is 1. The predicted molar refractivity (Wildman–Crippen MR) is 80.1 cm³/mol.